The average Bonchev–Trinajstić information content (AvgIpc) is 2.30. The molecule has 0 heterocycles. The summed E-state index contributed by atoms with van der Waals surface area (Å²) in [5, 5.41) is 20.5. The summed E-state index contributed by atoms with van der Waals surface area (Å²) in [4.78, 5) is 10.3. The van der Waals surface area contributed by atoms with Gasteiger partial charge >= 0.3 is 0 Å². The third-order valence-corrected chi connectivity index (χ3v) is 3.24. The summed E-state index contributed by atoms with van der Waals surface area (Å²) in [5.41, 5.74) is 0.997. The standard InChI is InChI=1S/C12H15NO3/c14-12-7-2-1-6-11(12)9-4-3-5-10(8-9)13(15)16/h3-5,8,11-12,14H,1-2,6-7H2. The van der Waals surface area contributed by atoms with E-state index in [1.165, 1.54) is 6.07 Å². The molecule has 1 N–H and O–H groups in total. The molecule has 0 spiro atoms. The molecule has 2 rings (SSSR count). The number of rotatable bonds is 2. The molecule has 0 aliphatic heterocycles. The van der Waals surface area contributed by atoms with Crippen LogP contribution in [0.5, 0.6) is 0 Å². The van der Waals surface area contributed by atoms with Gasteiger partial charge in [-0.25, -0.2) is 0 Å². The number of nitro groups is 1. The fraction of sp³-hybridized carbons (Fsp3) is 0.500. The van der Waals surface area contributed by atoms with Gasteiger partial charge < -0.3 is 5.11 Å². The zero-order chi connectivity index (χ0) is 11.5. The Balaban J connectivity index is 2.25. The summed E-state index contributed by atoms with van der Waals surface area (Å²) in [6.45, 7) is 0. The van der Waals surface area contributed by atoms with E-state index in [1.54, 1.807) is 12.1 Å². The molecule has 1 aromatic rings. The van der Waals surface area contributed by atoms with Crippen molar-refractivity contribution in [1.29, 1.82) is 0 Å². The molecule has 1 fully saturated rings. The van der Waals surface area contributed by atoms with Gasteiger partial charge in [0.25, 0.3) is 5.69 Å². The van der Waals surface area contributed by atoms with Crippen LogP contribution in [0.15, 0.2) is 24.3 Å². The van der Waals surface area contributed by atoms with Gasteiger partial charge in [0, 0.05) is 18.1 Å². The lowest BCUT2D eigenvalue weighted by molar-refractivity contribution is -0.384. The van der Waals surface area contributed by atoms with Gasteiger partial charge in [0.1, 0.15) is 0 Å². The van der Waals surface area contributed by atoms with Gasteiger partial charge in [0.15, 0.2) is 0 Å². The minimum absolute atomic E-state index is 0.0636. The van der Waals surface area contributed by atoms with E-state index in [0.29, 0.717) is 0 Å². The van der Waals surface area contributed by atoms with Crippen LogP contribution in [0.1, 0.15) is 37.2 Å². The third kappa shape index (κ3) is 2.22. The predicted molar refractivity (Wildman–Crippen MR) is 60.3 cm³/mol. The van der Waals surface area contributed by atoms with Crippen LogP contribution in [0, 0.1) is 10.1 Å². The zero-order valence-corrected chi connectivity index (χ0v) is 9.00. The van der Waals surface area contributed by atoms with Crippen LogP contribution in [0.4, 0.5) is 5.69 Å². The average molecular weight is 221 g/mol. The summed E-state index contributed by atoms with van der Waals surface area (Å²) < 4.78 is 0. The third-order valence-electron chi connectivity index (χ3n) is 3.24. The Labute approximate surface area is 94.1 Å². The van der Waals surface area contributed by atoms with Crippen LogP contribution in [0.25, 0.3) is 0 Å². The van der Waals surface area contributed by atoms with E-state index in [2.05, 4.69) is 0 Å². The van der Waals surface area contributed by atoms with Gasteiger partial charge in [0.2, 0.25) is 0 Å². The Morgan fingerprint density at radius 3 is 2.75 bits per heavy atom. The number of aliphatic hydroxyl groups excluding tert-OH is 1. The number of hydrogen-bond donors (Lipinski definition) is 1. The predicted octanol–water partition coefficient (Wildman–Crippen LogP) is 2.61. The molecule has 4 heteroatoms. The van der Waals surface area contributed by atoms with E-state index >= 15 is 0 Å². The molecule has 1 aliphatic carbocycles. The first-order valence-corrected chi connectivity index (χ1v) is 5.61. The van der Waals surface area contributed by atoms with Crippen molar-refractivity contribution >= 4 is 5.69 Å². The molecule has 0 aromatic heterocycles. The lowest BCUT2D eigenvalue weighted by atomic mass is 9.82. The fourth-order valence-electron chi connectivity index (χ4n) is 2.37. The highest BCUT2D eigenvalue weighted by atomic mass is 16.6. The van der Waals surface area contributed by atoms with Crippen molar-refractivity contribution in [3.05, 3.63) is 39.9 Å². The molecule has 0 amide bonds. The minimum atomic E-state index is -0.390. The minimum Gasteiger partial charge on any atom is -0.392 e. The second-order valence-electron chi connectivity index (χ2n) is 4.31. The van der Waals surface area contributed by atoms with Gasteiger partial charge in [-0.3, -0.25) is 10.1 Å². The number of nitro benzene ring substituents is 1. The topological polar surface area (TPSA) is 63.4 Å². The van der Waals surface area contributed by atoms with E-state index in [1.807, 2.05) is 6.07 Å². The monoisotopic (exact) mass is 221 g/mol. The Morgan fingerprint density at radius 1 is 1.31 bits per heavy atom. The van der Waals surface area contributed by atoms with E-state index in [0.717, 1.165) is 31.2 Å². The van der Waals surface area contributed by atoms with Crippen molar-refractivity contribution in [2.24, 2.45) is 0 Å². The SMILES string of the molecule is O=[N+]([O-])c1cccc(C2CCCCC2O)c1. The number of non-ortho nitro benzene ring substituents is 1. The smallest absolute Gasteiger partial charge is 0.269 e. The molecule has 1 aromatic carbocycles. The summed E-state index contributed by atoms with van der Waals surface area (Å²) >= 11 is 0. The van der Waals surface area contributed by atoms with E-state index in [4.69, 9.17) is 0 Å². The lowest BCUT2D eigenvalue weighted by Crippen LogP contribution is -2.22. The number of aliphatic hydroxyl groups is 1. The zero-order valence-electron chi connectivity index (χ0n) is 9.00. The van der Waals surface area contributed by atoms with E-state index in [-0.39, 0.29) is 17.7 Å². The quantitative estimate of drug-likeness (QED) is 0.616. The van der Waals surface area contributed by atoms with Gasteiger partial charge in [-0.2, -0.15) is 0 Å². The normalized spacial score (nSPS) is 25.3. The molecule has 0 bridgehead atoms. The molecule has 0 saturated heterocycles. The summed E-state index contributed by atoms with van der Waals surface area (Å²) in [5.74, 6) is 0.0636. The molecule has 1 saturated carbocycles. The Kier molecular flexibility index (Phi) is 3.19. The van der Waals surface area contributed by atoms with Crippen molar-refractivity contribution in [1.82, 2.24) is 0 Å². The maximum absolute atomic E-state index is 10.7. The second-order valence-corrected chi connectivity index (χ2v) is 4.31. The Bertz CT molecular complexity index is 392. The number of hydrogen-bond acceptors (Lipinski definition) is 3. The Hall–Kier alpha value is -1.42. The highest BCUT2D eigenvalue weighted by Crippen LogP contribution is 2.34. The number of nitrogens with zero attached hydrogens (tertiary/aromatic N) is 1. The Morgan fingerprint density at radius 2 is 2.06 bits per heavy atom. The molecular weight excluding hydrogens is 206 g/mol. The van der Waals surface area contributed by atoms with Crippen LogP contribution >= 0.6 is 0 Å². The summed E-state index contributed by atoms with van der Waals surface area (Å²) in [6, 6.07) is 6.62. The first-order valence-electron chi connectivity index (χ1n) is 5.61. The highest BCUT2D eigenvalue weighted by Gasteiger charge is 2.25. The largest absolute Gasteiger partial charge is 0.392 e. The molecule has 2 unspecified atom stereocenters. The fourth-order valence-corrected chi connectivity index (χ4v) is 2.37. The first-order chi connectivity index (χ1) is 7.68. The van der Waals surface area contributed by atoms with Gasteiger partial charge in [0.05, 0.1) is 11.0 Å². The first kappa shape index (κ1) is 11.1. The highest BCUT2D eigenvalue weighted by molar-refractivity contribution is 5.36. The molecule has 86 valence electrons. The van der Waals surface area contributed by atoms with Crippen LogP contribution in [-0.4, -0.2) is 16.1 Å². The van der Waals surface area contributed by atoms with Crippen molar-refractivity contribution < 1.29 is 10.0 Å². The molecule has 2 atom stereocenters. The molecule has 1 aliphatic rings. The van der Waals surface area contributed by atoms with Crippen LogP contribution < -0.4 is 0 Å². The van der Waals surface area contributed by atoms with E-state index < -0.39 is 4.92 Å². The maximum atomic E-state index is 10.7. The molecule has 0 radical (unpaired) electrons. The van der Waals surface area contributed by atoms with Crippen molar-refractivity contribution in [3.8, 4) is 0 Å². The van der Waals surface area contributed by atoms with Crippen LogP contribution in [0.3, 0.4) is 0 Å². The number of benzene rings is 1. The molecule has 16 heavy (non-hydrogen) atoms. The van der Waals surface area contributed by atoms with Gasteiger partial charge in [-0.05, 0) is 18.4 Å². The summed E-state index contributed by atoms with van der Waals surface area (Å²) in [7, 11) is 0. The van der Waals surface area contributed by atoms with Gasteiger partial charge in [-0.15, -0.1) is 0 Å². The van der Waals surface area contributed by atoms with Crippen molar-refractivity contribution in [3.63, 3.8) is 0 Å². The lowest BCUT2D eigenvalue weighted by Gasteiger charge is -2.27. The van der Waals surface area contributed by atoms with Crippen LogP contribution in [0.2, 0.25) is 0 Å². The van der Waals surface area contributed by atoms with Gasteiger partial charge in [-0.1, -0.05) is 25.0 Å². The summed E-state index contributed by atoms with van der Waals surface area (Å²) in [6.07, 6.45) is 3.50. The molecular formula is C12H15NO3. The van der Waals surface area contributed by atoms with E-state index in [9.17, 15) is 15.2 Å². The molecule has 4 nitrogen and oxygen atoms in total. The maximum Gasteiger partial charge on any atom is 0.269 e. The second kappa shape index (κ2) is 4.61. The van der Waals surface area contributed by atoms with Crippen molar-refractivity contribution in [2.75, 3.05) is 0 Å². The van der Waals surface area contributed by atoms with Crippen molar-refractivity contribution in [2.45, 2.75) is 37.7 Å². The van der Waals surface area contributed by atoms with Crippen LogP contribution in [-0.2, 0) is 0 Å².